The molecule has 0 atom stereocenters. The summed E-state index contributed by atoms with van der Waals surface area (Å²) in [5.41, 5.74) is 1.71. The van der Waals surface area contributed by atoms with Gasteiger partial charge in [-0.3, -0.25) is 4.79 Å². The van der Waals surface area contributed by atoms with Crippen molar-refractivity contribution in [2.45, 2.75) is 6.92 Å². The molecule has 0 aliphatic rings. The van der Waals surface area contributed by atoms with E-state index in [4.69, 9.17) is 18.9 Å². The summed E-state index contributed by atoms with van der Waals surface area (Å²) in [4.78, 5) is 10.7. The van der Waals surface area contributed by atoms with E-state index in [1.54, 1.807) is 31.4 Å². The van der Waals surface area contributed by atoms with Crippen LogP contribution in [0.5, 0.6) is 17.2 Å². The van der Waals surface area contributed by atoms with E-state index in [-0.39, 0.29) is 0 Å². The van der Waals surface area contributed by atoms with E-state index in [2.05, 4.69) is 0 Å². The summed E-state index contributed by atoms with van der Waals surface area (Å²) in [6, 6.07) is 12.8. The zero-order valence-electron chi connectivity index (χ0n) is 14.0. The third-order valence-corrected chi connectivity index (χ3v) is 3.29. The molecular formula is C19H22O5. The maximum atomic E-state index is 10.7. The highest BCUT2D eigenvalue weighted by molar-refractivity contribution is 5.75. The lowest BCUT2D eigenvalue weighted by molar-refractivity contribution is 0.0757. The SMILES string of the molecule is COc1cc(C)ccc1OCCOCCOc1cccc(C=O)c1. The maximum Gasteiger partial charge on any atom is 0.161 e. The molecular weight excluding hydrogens is 308 g/mol. The van der Waals surface area contributed by atoms with Gasteiger partial charge in [0.15, 0.2) is 11.5 Å². The predicted molar refractivity (Wildman–Crippen MR) is 91.4 cm³/mol. The van der Waals surface area contributed by atoms with E-state index in [9.17, 15) is 4.79 Å². The molecule has 0 spiro atoms. The van der Waals surface area contributed by atoms with Crippen molar-refractivity contribution in [3.05, 3.63) is 53.6 Å². The Morgan fingerprint density at radius 3 is 2.46 bits per heavy atom. The normalized spacial score (nSPS) is 10.2. The third-order valence-electron chi connectivity index (χ3n) is 3.29. The second-order valence-corrected chi connectivity index (χ2v) is 5.15. The molecule has 0 saturated carbocycles. The van der Waals surface area contributed by atoms with Crippen LogP contribution in [0.1, 0.15) is 15.9 Å². The molecule has 2 aromatic rings. The van der Waals surface area contributed by atoms with Crippen molar-refractivity contribution >= 4 is 6.29 Å². The highest BCUT2D eigenvalue weighted by atomic mass is 16.6. The Morgan fingerprint density at radius 2 is 1.71 bits per heavy atom. The average molecular weight is 330 g/mol. The molecule has 0 amide bonds. The number of rotatable bonds is 10. The molecule has 0 aliphatic carbocycles. The van der Waals surface area contributed by atoms with Gasteiger partial charge in [-0.2, -0.15) is 0 Å². The Kier molecular flexibility index (Phi) is 7.11. The molecule has 0 fully saturated rings. The Labute approximate surface area is 142 Å². The van der Waals surface area contributed by atoms with E-state index < -0.39 is 0 Å². The van der Waals surface area contributed by atoms with Crippen molar-refractivity contribution in [1.82, 2.24) is 0 Å². The number of benzene rings is 2. The van der Waals surface area contributed by atoms with Crippen LogP contribution in [0.15, 0.2) is 42.5 Å². The Hall–Kier alpha value is -2.53. The molecule has 0 N–H and O–H groups in total. The predicted octanol–water partition coefficient (Wildman–Crippen LogP) is 3.29. The third kappa shape index (κ3) is 5.59. The van der Waals surface area contributed by atoms with Gasteiger partial charge < -0.3 is 18.9 Å². The van der Waals surface area contributed by atoms with Crippen LogP contribution < -0.4 is 14.2 Å². The van der Waals surface area contributed by atoms with Crippen LogP contribution in [-0.2, 0) is 4.74 Å². The van der Waals surface area contributed by atoms with Gasteiger partial charge in [0.2, 0.25) is 0 Å². The van der Waals surface area contributed by atoms with Crippen LogP contribution in [0.3, 0.4) is 0 Å². The summed E-state index contributed by atoms with van der Waals surface area (Å²) >= 11 is 0. The first kappa shape index (κ1) is 17.8. The molecule has 128 valence electrons. The molecule has 0 aromatic heterocycles. The van der Waals surface area contributed by atoms with Crippen LogP contribution >= 0.6 is 0 Å². The van der Waals surface area contributed by atoms with E-state index in [1.165, 1.54) is 0 Å². The van der Waals surface area contributed by atoms with Crippen LogP contribution in [0.25, 0.3) is 0 Å². The summed E-state index contributed by atoms with van der Waals surface area (Å²) in [5, 5.41) is 0. The molecule has 5 heteroatoms. The van der Waals surface area contributed by atoms with Gasteiger partial charge >= 0.3 is 0 Å². The van der Waals surface area contributed by atoms with E-state index in [0.29, 0.717) is 49.2 Å². The number of carbonyl (C=O) groups excluding carboxylic acids is 1. The van der Waals surface area contributed by atoms with Gasteiger partial charge in [-0.1, -0.05) is 18.2 Å². The first-order valence-corrected chi connectivity index (χ1v) is 7.76. The number of carbonyl (C=O) groups is 1. The summed E-state index contributed by atoms with van der Waals surface area (Å²) in [5.74, 6) is 2.07. The Morgan fingerprint density at radius 1 is 0.917 bits per heavy atom. The van der Waals surface area contributed by atoms with Gasteiger partial charge in [-0.25, -0.2) is 0 Å². The van der Waals surface area contributed by atoms with Crippen LogP contribution in [0.4, 0.5) is 0 Å². The van der Waals surface area contributed by atoms with Crippen molar-refractivity contribution in [3.63, 3.8) is 0 Å². The molecule has 5 nitrogen and oxygen atoms in total. The summed E-state index contributed by atoms with van der Waals surface area (Å²) < 4.78 is 21.9. The van der Waals surface area contributed by atoms with Crippen molar-refractivity contribution in [2.75, 3.05) is 33.5 Å². The molecule has 0 heterocycles. The number of methoxy groups -OCH3 is 1. The molecule has 0 unspecified atom stereocenters. The van der Waals surface area contributed by atoms with Gasteiger partial charge in [0.25, 0.3) is 0 Å². The maximum absolute atomic E-state index is 10.7. The number of aryl methyl sites for hydroxylation is 1. The largest absolute Gasteiger partial charge is 0.493 e. The van der Waals surface area contributed by atoms with Crippen LogP contribution in [0.2, 0.25) is 0 Å². The first-order valence-electron chi connectivity index (χ1n) is 7.76. The first-order chi connectivity index (χ1) is 11.7. The standard InChI is InChI=1S/C19H22O5/c1-15-6-7-18(19(12-15)21-2)24-11-9-22-8-10-23-17-5-3-4-16(13-17)14-20/h3-7,12-14H,8-11H2,1-2H3. The zero-order chi connectivity index (χ0) is 17.2. The number of ether oxygens (including phenoxy) is 4. The van der Waals surface area contributed by atoms with Crippen molar-refractivity contribution in [3.8, 4) is 17.2 Å². The minimum absolute atomic E-state index is 0.413. The molecule has 2 aromatic carbocycles. The molecule has 0 bridgehead atoms. The van der Waals surface area contributed by atoms with Gasteiger partial charge in [0.1, 0.15) is 25.2 Å². The zero-order valence-corrected chi connectivity index (χ0v) is 14.0. The molecule has 2 rings (SSSR count). The lowest BCUT2D eigenvalue weighted by atomic mass is 10.2. The number of hydrogen-bond acceptors (Lipinski definition) is 5. The summed E-state index contributed by atoms with van der Waals surface area (Å²) in [6.45, 7) is 3.74. The summed E-state index contributed by atoms with van der Waals surface area (Å²) in [7, 11) is 1.62. The fraction of sp³-hybridized carbons (Fsp3) is 0.316. The fourth-order valence-electron chi connectivity index (χ4n) is 2.10. The van der Waals surface area contributed by atoms with E-state index in [0.717, 1.165) is 11.8 Å². The lowest BCUT2D eigenvalue weighted by Crippen LogP contribution is -2.12. The molecule has 0 radical (unpaired) electrons. The minimum atomic E-state index is 0.413. The van der Waals surface area contributed by atoms with Crippen molar-refractivity contribution < 1.29 is 23.7 Å². The second kappa shape index (κ2) is 9.57. The minimum Gasteiger partial charge on any atom is -0.493 e. The summed E-state index contributed by atoms with van der Waals surface area (Å²) in [6.07, 6.45) is 0.792. The van der Waals surface area contributed by atoms with Crippen molar-refractivity contribution in [2.24, 2.45) is 0 Å². The van der Waals surface area contributed by atoms with Gasteiger partial charge in [-0.05, 0) is 36.8 Å². The van der Waals surface area contributed by atoms with E-state index >= 15 is 0 Å². The number of hydrogen-bond donors (Lipinski definition) is 0. The second-order valence-electron chi connectivity index (χ2n) is 5.15. The van der Waals surface area contributed by atoms with Gasteiger partial charge in [0.05, 0.1) is 20.3 Å². The fourth-order valence-corrected chi connectivity index (χ4v) is 2.10. The average Bonchev–Trinajstić information content (AvgIpc) is 2.62. The van der Waals surface area contributed by atoms with Crippen molar-refractivity contribution in [1.29, 1.82) is 0 Å². The molecule has 0 aliphatic heterocycles. The Bertz CT molecular complexity index is 654. The van der Waals surface area contributed by atoms with E-state index in [1.807, 2.05) is 25.1 Å². The molecule has 0 saturated heterocycles. The van der Waals surface area contributed by atoms with Crippen LogP contribution in [0, 0.1) is 6.92 Å². The lowest BCUT2D eigenvalue weighted by Gasteiger charge is -2.11. The monoisotopic (exact) mass is 330 g/mol. The molecule has 24 heavy (non-hydrogen) atoms. The van der Waals surface area contributed by atoms with Crippen LogP contribution in [-0.4, -0.2) is 39.8 Å². The Balaban J connectivity index is 1.62. The number of aldehydes is 1. The highest BCUT2D eigenvalue weighted by Crippen LogP contribution is 2.27. The van der Waals surface area contributed by atoms with Gasteiger partial charge in [0, 0.05) is 5.56 Å². The smallest absolute Gasteiger partial charge is 0.161 e. The topological polar surface area (TPSA) is 54.0 Å². The van der Waals surface area contributed by atoms with Gasteiger partial charge in [-0.15, -0.1) is 0 Å². The quantitative estimate of drug-likeness (QED) is 0.494. The highest BCUT2D eigenvalue weighted by Gasteiger charge is 2.04.